The Bertz CT molecular complexity index is 558. The van der Waals surface area contributed by atoms with Gasteiger partial charge in [0.25, 0.3) is 0 Å². The van der Waals surface area contributed by atoms with Crippen molar-refractivity contribution in [3.63, 3.8) is 0 Å². The second kappa shape index (κ2) is 5.66. The highest BCUT2D eigenvalue weighted by Crippen LogP contribution is 2.29. The first-order valence-corrected chi connectivity index (χ1v) is 6.25. The van der Waals surface area contributed by atoms with Gasteiger partial charge in [0, 0.05) is 25.8 Å². The van der Waals surface area contributed by atoms with E-state index >= 15 is 0 Å². The van der Waals surface area contributed by atoms with E-state index in [1.165, 1.54) is 12.1 Å². The van der Waals surface area contributed by atoms with Crippen molar-refractivity contribution in [3.8, 4) is 0 Å². The van der Waals surface area contributed by atoms with E-state index in [1.54, 1.807) is 10.9 Å². The predicted octanol–water partition coefficient (Wildman–Crippen LogP) is 3.29. The molecule has 0 radical (unpaired) electrons. The highest BCUT2D eigenvalue weighted by atomic mass is 19.4. The molecule has 2 rings (SSSR count). The Balaban J connectivity index is 1.96. The number of halogens is 3. The zero-order valence-corrected chi connectivity index (χ0v) is 11.3. The molecule has 0 spiro atoms. The second-order valence-corrected chi connectivity index (χ2v) is 4.68. The molecule has 0 saturated heterocycles. The van der Waals surface area contributed by atoms with Crippen molar-refractivity contribution in [1.29, 1.82) is 0 Å². The summed E-state index contributed by atoms with van der Waals surface area (Å²) in [6, 6.07) is 7.17. The number of aromatic nitrogens is 2. The van der Waals surface area contributed by atoms with Gasteiger partial charge in [-0.3, -0.25) is 4.68 Å². The molecule has 20 heavy (non-hydrogen) atoms. The maximum atomic E-state index is 12.4. The number of hydrogen-bond acceptors (Lipinski definition) is 2. The number of nitrogens with zero attached hydrogens (tertiary/aromatic N) is 2. The molecule has 1 aromatic heterocycles. The number of benzene rings is 1. The van der Waals surface area contributed by atoms with Gasteiger partial charge in [-0.2, -0.15) is 18.3 Å². The third-order valence-corrected chi connectivity index (χ3v) is 3.20. The van der Waals surface area contributed by atoms with Crippen LogP contribution in [0.1, 0.15) is 29.8 Å². The van der Waals surface area contributed by atoms with Crippen molar-refractivity contribution in [2.75, 3.05) is 0 Å². The fourth-order valence-corrected chi connectivity index (χ4v) is 2.00. The van der Waals surface area contributed by atoms with Gasteiger partial charge in [0.05, 0.1) is 11.3 Å². The summed E-state index contributed by atoms with van der Waals surface area (Å²) in [6.07, 6.45) is -2.57. The topological polar surface area (TPSA) is 29.9 Å². The summed E-state index contributed by atoms with van der Waals surface area (Å²) >= 11 is 0. The van der Waals surface area contributed by atoms with Crippen molar-refractivity contribution < 1.29 is 13.2 Å². The van der Waals surface area contributed by atoms with Crippen LogP contribution in [0.25, 0.3) is 0 Å². The number of hydrogen-bond donors (Lipinski definition) is 1. The molecule has 0 saturated carbocycles. The predicted molar refractivity (Wildman–Crippen MR) is 69.9 cm³/mol. The summed E-state index contributed by atoms with van der Waals surface area (Å²) in [5, 5.41) is 7.34. The normalized spacial score (nSPS) is 13.4. The van der Waals surface area contributed by atoms with Crippen LogP contribution in [0.15, 0.2) is 36.5 Å². The lowest BCUT2D eigenvalue weighted by Gasteiger charge is -2.14. The number of rotatable bonds is 4. The van der Waals surface area contributed by atoms with E-state index in [9.17, 15) is 13.2 Å². The zero-order chi connectivity index (χ0) is 14.8. The van der Waals surface area contributed by atoms with Gasteiger partial charge < -0.3 is 5.32 Å². The van der Waals surface area contributed by atoms with Crippen molar-refractivity contribution in [1.82, 2.24) is 15.1 Å². The molecule has 3 nitrogen and oxygen atoms in total. The van der Waals surface area contributed by atoms with Gasteiger partial charge in [0.15, 0.2) is 0 Å². The van der Waals surface area contributed by atoms with Crippen molar-refractivity contribution in [2.24, 2.45) is 7.05 Å². The maximum absolute atomic E-state index is 12.4. The Morgan fingerprint density at radius 1 is 1.20 bits per heavy atom. The Labute approximate surface area is 115 Å². The van der Waals surface area contributed by atoms with Crippen LogP contribution in [-0.4, -0.2) is 9.78 Å². The summed E-state index contributed by atoms with van der Waals surface area (Å²) in [5.74, 6) is 0. The first-order valence-electron chi connectivity index (χ1n) is 6.25. The van der Waals surface area contributed by atoms with Crippen molar-refractivity contribution >= 4 is 0 Å². The van der Waals surface area contributed by atoms with Crippen LogP contribution in [0.3, 0.4) is 0 Å². The van der Waals surface area contributed by atoms with Crippen LogP contribution in [0.2, 0.25) is 0 Å². The van der Waals surface area contributed by atoms with E-state index < -0.39 is 11.7 Å². The molecule has 1 N–H and O–H groups in total. The third-order valence-electron chi connectivity index (χ3n) is 3.20. The van der Waals surface area contributed by atoms with Crippen LogP contribution in [-0.2, 0) is 19.8 Å². The Morgan fingerprint density at radius 2 is 1.85 bits per heavy atom. The minimum absolute atomic E-state index is 0.0739. The van der Waals surface area contributed by atoms with Gasteiger partial charge in [-0.25, -0.2) is 0 Å². The third kappa shape index (κ3) is 3.39. The first kappa shape index (κ1) is 14.6. The molecule has 6 heteroatoms. The van der Waals surface area contributed by atoms with Gasteiger partial charge in [-0.15, -0.1) is 0 Å². The largest absolute Gasteiger partial charge is 0.416 e. The van der Waals surface area contributed by atoms with Gasteiger partial charge in [0.1, 0.15) is 0 Å². The lowest BCUT2D eigenvalue weighted by molar-refractivity contribution is -0.137. The zero-order valence-electron chi connectivity index (χ0n) is 11.3. The Hall–Kier alpha value is -1.82. The Kier molecular flexibility index (Phi) is 4.13. The van der Waals surface area contributed by atoms with Gasteiger partial charge in [-0.1, -0.05) is 12.1 Å². The molecule has 0 aliphatic heterocycles. The van der Waals surface area contributed by atoms with E-state index in [0.29, 0.717) is 6.54 Å². The number of aryl methyl sites for hydroxylation is 1. The molecule has 0 bridgehead atoms. The van der Waals surface area contributed by atoms with Crippen LogP contribution in [0, 0.1) is 0 Å². The standard InChI is InChI=1S/C14H16F3N3/c1-10(13-7-8-19-20(13)2)18-9-11-3-5-12(6-4-11)14(15,16)17/h3-8,10,18H,9H2,1-2H3. The molecule has 108 valence electrons. The molecular weight excluding hydrogens is 267 g/mol. The highest BCUT2D eigenvalue weighted by Gasteiger charge is 2.29. The monoisotopic (exact) mass is 283 g/mol. The summed E-state index contributed by atoms with van der Waals surface area (Å²) < 4.78 is 39.1. The Morgan fingerprint density at radius 3 is 2.35 bits per heavy atom. The van der Waals surface area contributed by atoms with Crippen LogP contribution in [0.4, 0.5) is 13.2 Å². The fraction of sp³-hybridized carbons (Fsp3) is 0.357. The fourth-order valence-electron chi connectivity index (χ4n) is 2.00. The number of nitrogens with one attached hydrogen (secondary N) is 1. The molecule has 1 heterocycles. The minimum Gasteiger partial charge on any atom is -0.305 e. The van der Waals surface area contributed by atoms with Crippen molar-refractivity contribution in [2.45, 2.75) is 25.7 Å². The number of alkyl halides is 3. The summed E-state index contributed by atoms with van der Waals surface area (Å²) in [4.78, 5) is 0. The molecule has 0 aliphatic rings. The molecule has 0 fully saturated rings. The van der Waals surface area contributed by atoms with Gasteiger partial charge in [-0.05, 0) is 30.7 Å². The lowest BCUT2D eigenvalue weighted by atomic mass is 10.1. The van der Waals surface area contributed by atoms with Crippen LogP contribution >= 0.6 is 0 Å². The SMILES string of the molecule is CC(NCc1ccc(C(F)(F)F)cc1)c1ccnn1C. The minimum atomic E-state index is -4.28. The summed E-state index contributed by atoms with van der Waals surface area (Å²) in [5.41, 5.74) is 1.21. The van der Waals surface area contributed by atoms with E-state index in [-0.39, 0.29) is 6.04 Å². The highest BCUT2D eigenvalue weighted by molar-refractivity contribution is 5.24. The summed E-state index contributed by atoms with van der Waals surface area (Å²) in [7, 11) is 1.85. The van der Waals surface area contributed by atoms with E-state index in [4.69, 9.17) is 0 Å². The smallest absolute Gasteiger partial charge is 0.305 e. The second-order valence-electron chi connectivity index (χ2n) is 4.68. The molecule has 1 atom stereocenters. The maximum Gasteiger partial charge on any atom is 0.416 e. The lowest BCUT2D eigenvalue weighted by Crippen LogP contribution is -2.20. The molecule has 2 aromatic rings. The quantitative estimate of drug-likeness (QED) is 0.933. The van der Waals surface area contributed by atoms with Gasteiger partial charge >= 0.3 is 6.18 Å². The average Bonchev–Trinajstić information content (AvgIpc) is 2.82. The van der Waals surface area contributed by atoms with E-state index in [2.05, 4.69) is 10.4 Å². The molecule has 0 amide bonds. The molecule has 1 unspecified atom stereocenters. The summed E-state index contributed by atoms with van der Waals surface area (Å²) in [6.45, 7) is 2.49. The van der Waals surface area contributed by atoms with Gasteiger partial charge in [0.2, 0.25) is 0 Å². The van der Waals surface area contributed by atoms with E-state index in [0.717, 1.165) is 23.4 Å². The first-order chi connectivity index (χ1) is 9.38. The van der Waals surface area contributed by atoms with Crippen LogP contribution in [0.5, 0.6) is 0 Å². The van der Waals surface area contributed by atoms with E-state index in [1.807, 2.05) is 20.0 Å². The average molecular weight is 283 g/mol. The molecule has 0 aliphatic carbocycles. The van der Waals surface area contributed by atoms with Crippen molar-refractivity contribution in [3.05, 3.63) is 53.3 Å². The molecule has 1 aromatic carbocycles. The van der Waals surface area contributed by atoms with Crippen LogP contribution < -0.4 is 5.32 Å². The molecular formula is C14H16F3N3.